The standard InChI is InChI=1S/C10H10FN/c1-12-8-7-10(11)9-5-3-2-4-6-9/h2-6,10H,7-8H2. The number of benzene rings is 1. The first-order chi connectivity index (χ1) is 5.84. The van der Waals surface area contributed by atoms with E-state index in [0.29, 0.717) is 12.0 Å². The van der Waals surface area contributed by atoms with E-state index in [9.17, 15) is 4.39 Å². The molecule has 0 aliphatic heterocycles. The second-order valence-electron chi connectivity index (χ2n) is 2.55. The molecule has 0 spiro atoms. The molecule has 12 heavy (non-hydrogen) atoms. The highest BCUT2D eigenvalue weighted by Gasteiger charge is 2.09. The van der Waals surface area contributed by atoms with E-state index in [0.717, 1.165) is 0 Å². The Kier molecular flexibility index (Phi) is 3.28. The van der Waals surface area contributed by atoms with Gasteiger partial charge >= 0.3 is 0 Å². The van der Waals surface area contributed by atoms with Crippen LogP contribution in [-0.4, -0.2) is 6.54 Å². The molecule has 1 nitrogen and oxygen atoms in total. The molecule has 1 unspecified atom stereocenters. The summed E-state index contributed by atoms with van der Waals surface area (Å²) in [5.74, 6) is 0. The van der Waals surface area contributed by atoms with E-state index in [1.165, 1.54) is 0 Å². The van der Waals surface area contributed by atoms with Crippen LogP contribution in [0, 0.1) is 6.57 Å². The zero-order valence-electron chi connectivity index (χ0n) is 6.70. The van der Waals surface area contributed by atoms with Gasteiger partial charge in [0.2, 0.25) is 6.54 Å². The third kappa shape index (κ3) is 2.35. The van der Waals surface area contributed by atoms with Crippen LogP contribution in [0.4, 0.5) is 4.39 Å². The van der Waals surface area contributed by atoms with Crippen molar-refractivity contribution in [2.45, 2.75) is 12.6 Å². The highest BCUT2D eigenvalue weighted by atomic mass is 19.1. The van der Waals surface area contributed by atoms with Crippen molar-refractivity contribution in [2.24, 2.45) is 0 Å². The van der Waals surface area contributed by atoms with Crippen molar-refractivity contribution >= 4 is 0 Å². The van der Waals surface area contributed by atoms with Gasteiger partial charge in [0.05, 0.1) is 6.42 Å². The minimum atomic E-state index is -0.986. The van der Waals surface area contributed by atoms with Gasteiger partial charge in [0.15, 0.2) is 0 Å². The van der Waals surface area contributed by atoms with E-state index in [2.05, 4.69) is 4.85 Å². The first-order valence-corrected chi connectivity index (χ1v) is 3.87. The molecule has 1 aromatic carbocycles. The Labute approximate surface area is 71.7 Å². The van der Waals surface area contributed by atoms with Crippen LogP contribution < -0.4 is 0 Å². The van der Waals surface area contributed by atoms with Crippen molar-refractivity contribution < 1.29 is 4.39 Å². The molecule has 1 atom stereocenters. The van der Waals surface area contributed by atoms with Gasteiger partial charge in [-0.1, -0.05) is 30.3 Å². The first kappa shape index (κ1) is 8.73. The molecule has 0 saturated carbocycles. The van der Waals surface area contributed by atoms with Gasteiger partial charge in [-0.3, -0.25) is 0 Å². The molecule has 0 aliphatic rings. The maximum Gasteiger partial charge on any atom is 0.217 e. The second kappa shape index (κ2) is 4.50. The molecule has 62 valence electrons. The Hall–Kier alpha value is -1.36. The minimum Gasteiger partial charge on any atom is -0.317 e. The van der Waals surface area contributed by atoms with Gasteiger partial charge in [0, 0.05) is 0 Å². The molecule has 0 bridgehead atoms. The third-order valence-corrected chi connectivity index (χ3v) is 1.66. The summed E-state index contributed by atoms with van der Waals surface area (Å²) in [4.78, 5) is 3.11. The molecular formula is C10H10FN. The summed E-state index contributed by atoms with van der Waals surface area (Å²) in [6.07, 6.45) is -0.687. The van der Waals surface area contributed by atoms with Gasteiger partial charge < -0.3 is 4.85 Å². The molecule has 0 fully saturated rings. The molecule has 1 rings (SSSR count). The lowest BCUT2D eigenvalue weighted by Crippen LogP contribution is -1.92. The summed E-state index contributed by atoms with van der Waals surface area (Å²) in [6, 6.07) is 8.95. The van der Waals surface area contributed by atoms with Crippen LogP contribution >= 0.6 is 0 Å². The quantitative estimate of drug-likeness (QED) is 0.603. The monoisotopic (exact) mass is 163 g/mol. The van der Waals surface area contributed by atoms with Crippen LogP contribution in [0.5, 0.6) is 0 Å². The van der Waals surface area contributed by atoms with E-state index in [-0.39, 0.29) is 6.54 Å². The van der Waals surface area contributed by atoms with Crippen LogP contribution in [-0.2, 0) is 0 Å². The fourth-order valence-corrected chi connectivity index (χ4v) is 1.01. The maximum atomic E-state index is 13.2. The molecule has 0 aliphatic carbocycles. The fourth-order valence-electron chi connectivity index (χ4n) is 1.01. The Morgan fingerprint density at radius 1 is 1.33 bits per heavy atom. The highest BCUT2D eigenvalue weighted by molar-refractivity contribution is 5.17. The Bertz CT molecular complexity index is 263. The van der Waals surface area contributed by atoms with E-state index in [4.69, 9.17) is 6.57 Å². The lowest BCUT2D eigenvalue weighted by atomic mass is 10.1. The van der Waals surface area contributed by atoms with Crippen LogP contribution in [0.25, 0.3) is 4.85 Å². The Balaban J connectivity index is 2.55. The lowest BCUT2D eigenvalue weighted by molar-refractivity contribution is 0.332. The first-order valence-electron chi connectivity index (χ1n) is 3.87. The molecule has 0 aromatic heterocycles. The van der Waals surface area contributed by atoms with Gasteiger partial charge in [-0.25, -0.2) is 11.0 Å². The number of alkyl halides is 1. The number of halogens is 1. The molecular weight excluding hydrogens is 153 g/mol. The summed E-state index contributed by atoms with van der Waals surface area (Å²) in [6.45, 7) is 6.78. The van der Waals surface area contributed by atoms with E-state index in [1.807, 2.05) is 6.07 Å². The van der Waals surface area contributed by atoms with Gasteiger partial charge in [0.25, 0.3) is 0 Å². The maximum absolute atomic E-state index is 13.2. The van der Waals surface area contributed by atoms with Crippen molar-refractivity contribution in [2.75, 3.05) is 6.54 Å². The Morgan fingerprint density at radius 3 is 2.58 bits per heavy atom. The van der Waals surface area contributed by atoms with Crippen LogP contribution in [0.3, 0.4) is 0 Å². The average molecular weight is 163 g/mol. The van der Waals surface area contributed by atoms with Crippen molar-refractivity contribution in [3.63, 3.8) is 0 Å². The zero-order chi connectivity index (χ0) is 8.81. The van der Waals surface area contributed by atoms with E-state index in [1.54, 1.807) is 24.3 Å². The predicted octanol–water partition coefficient (Wildman–Crippen LogP) is 3.01. The zero-order valence-corrected chi connectivity index (χ0v) is 6.70. The normalized spacial score (nSPS) is 12.0. The van der Waals surface area contributed by atoms with Crippen molar-refractivity contribution in [1.82, 2.24) is 0 Å². The summed E-state index contributed by atoms with van der Waals surface area (Å²) < 4.78 is 13.2. The number of hydrogen-bond acceptors (Lipinski definition) is 0. The van der Waals surface area contributed by atoms with Crippen LogP contribution in [0.1, 0.15) is 18.2 Å². The lowest BCUT2D eigenvalue weighted by Gasteiger charge is -2.03. The minimum absolute atomic E-state index is 0.260. The summed E-state index contributed by atoms with van der Waals surface area (Å²) in [5, 5.41) is 0. The summed E-state index contributed by atoms with van der Waals surface area (Å²) in [5.41, 5.74) is 0.668. The number of hydrogen-bond donors (Lipinski definition) is 0. The SMILES string of the molecule is [C-]#[N+]CCC(F)c1ccccc1. The molecule has 0 N–H and O–H groups in total. The van der Waals surface area contributed by atoms with Crippen LogP contribution in [0.15, 0.2) is 30.3 Å². The predicted molar refractivity (Wildman–Crippen MR) is 46.4 cm³/mol. The summed E-state index contributed by atoms with van der Waals surface area (Å²) in [7, 11) is 0. The second-order valence-corrected chi connectivity index (χ2v) is 2.55. The Morgan fingerprint density at radius 2 is 2.00 bits per heavy atom. The number of nitrogens with zero attached hydrogens (tertiary/aromatic N) is 1. The van der Waals surface area contributed by atoms with Crippen molar-refractivity contribution in [3.05, 3.63) is 47.3 Å². The molecule has 0 saturated heterocycles. The average Bonchev–Trinajstić information content (AvgIpc) is 2.15. The molecule has 1 aromatic rings. The van der Waals surface area contributed by atoms with Gasteiger partial charge in [0.1, 0.15) is 6.17 Å². The van der Waals surface area contributed by atoms with Crippen LogP contribution in [0.2, 0.25) is 0 Å². The van der Waals surface area contributed by atoms with Gasteiger partial charge in [-0.15, -0.1) is 0 Å². The van der Waals surface area contributed by atoms with Gasteiger partial charge in [-0.2, -0.15) is 0 Å². The van der Waals surface area contributed by atoms with Gasteiger partial charge in [-0.05, 0) is 5.56 Å². The van der Waals surface area contributed by atoms with Crippen molar-refractivity contribution in [3.8, 4) is 0 Å². The fraction of sp³-hybridized carbons (Fsp3) is 0.300. The number of rotatable bonds is 3. The highest BCUT2D eigenvalue weighted by Crippen LogP contribution is 2.20. The molecule has 0 amide bonds. The molecule has 0 heterocycles. The molecule has 2 heteroatoms. The summed E-state index contributed by atoms with van der Waals surface area (Å²) >= 11 is 0. The van der Waals surface area contributed by atoms with E-state index < -0.39 is 6.17 Å². The van der Waals surface area contributed by atoms with E-state index >= 15 is 0 Å². The molecule has 0 radical (unpaired) electrons. The topological polar surface area (TPSA) is 4.36 Å². The largest absolute Gasteiger partial charge is 0.317 e. The third-order valence-electron chi connectivity index (χ3n) is 1.66. The van der Waals surface area contributed by atoms with Crippen molar-refractivity contribution in [1.29, 1.82) is 0 Å². The smallest absolute Gasteiger partial charge is 0.217 e.